The monoisotopic (exact) mass is 660 g/mol. The van der Waals surface area contributed by atoms with Crippen molar-refractivity contribution < 1.29 is 27.5 Å². The van der Waals surface area contributed by atoms with Crippen LogP contribution in [-0.4, -0.2) is 46.7 Å². The summed E-state index contributed by atoms with van der Waals surface area (Å²) < 4.78 is 40.9. The van der Waals surface area contributed by atoms with Gasteiger partial charge in [-0.1, -0.05) is 103 Å². The molecule has 244 valence electrons. The molecule has 9 heteroatoms. The van der Waals surface area contributed by atoms with E-state index in [0.29, 0.717) is 34.1 Å². The molecule has 0 atom stereocenters. The second-order valence-corrected chi connectivity index (χ2v) is 13.1. The molecule has 8 nitrogen and oxygen atoms in total. The summed E-state index contributed by atoms with van der Waals surface area (Å²) in [7, 11) is -4.27. The van der Waals surface area contributed by atoms with E-state index in [0.717, 1.165) is 26.0 Å². The number of carbonyl (C=O) groups is 2. The number of carbonyl (C=O) groups excluding carboxylic acids is 2. The van der Waals surface area contributed by atoms with E-state index in [1.165, 1.54) is 0 Å². The zero-order chi connectivity index (χ0) is 33.7. The normalized spacial score (nSPS) is 11.5. The van der Waals surface area contributed by atoms with Crippen LogP contribution in [0.3, 0.4) is 0 Å². The summed E-state index contributed by atoms with van der Waals surface area (Å²) in [5.41, 5.74) is 2.05. The van der Waals surface area contributed by atoms with E-state index < -0.39 is 22.5 Å². The van der Waals surface area contributed by atoms with Gasteiger partial charge in [0.2, 0.25) is 0 Å². The summed E-state index contributed by atoms with van der Waals surface area (Å²) in [5.74, 6) is -1.05. The van der Waals surface area contributed by atoms with Gasteiger partial charge in [0.15, 0.2) is 0 Å². The lowest BCUT2D eigenvalue weighted by molar-refractivity contribution is -0.142. The molecule has 0 saturated carbocycles. The minimum absolute atomic E-state index is 0.0265. The highest BCUT2D eigenvalue weighted by atomic mass is 32.2. The number of benzene rings is 6. The van der Waals surface area contributed by atoms with Crippen LogP contribution >= 0.6 is 0 Å². The maximum Gasteiger partial charge on any atom is 0.326 e. The molecule has 6 rings (SSSR count). The Bertz CT molecular complexity index is 2220. The lowest BCUT2D eigenvalue weighted by Crippen LogP contribution is -2.37. The van der Waals surface area contributed by atoms with Gasteiger partial charge in [0.05, 0.1) is 23.8 Å². The second kappa shape index (κ2) is 14.1. The van der Waals surface area contributed by atoms with Crippen molar-refractivity contribution in [3.63, 3.8) is 0 Å². The van der Waals surface area contributed by atoms with E-state index in [-0.39, 0.29) is 30.6 Å². The first kappa shape index (κ1) is 32.5. The molecule has 0 spiro atoms. The van der Waals surface area contributed by atoms with Gasteiger partial charge in [-0.25, -0.2) is 8.42 Å². The Morgan fingerprint density at radius 3 is 1.73 bits per heavy atom. The third-order valence-corrected chi connectivity index (χ3v) is 10.1. The van der Waals surface area contributed by atoms with Gasteiger partial charge in [0, 0.05) is 28.4 Å². The van der Waals surface area contributed by atoms with Crippen LogP contribution in [0.2, 0.25) is 0 Å². The summed E-state index contributed by atoms with van der Waals surface area (Å²) in [6, 6.07) is 37.4. The molecule has 0 fully saturated rings. The van der Waals surface area contributed by atoms with Gasteiger partial charge in [0.1, 0.15) is 13.1 Å². The van der Waals surface area contributed by atoms with Crippen LogP contribution in [0.4, 0.5) is 11.4 Å². The number of sulfonamides is 1. The summed E-state index contributed by atoms with van der Waals surface area (Å²) in [5, 5.41) is 4.76. The first-order valence-corrected chi connectivity index (χ1v) is 17.3. The van der Waals surface area contributed by atoms with Crippen molar-refractivity contribution in [1.82, 2.24) is 0 Å². The fourth-order valence-electron chi connectivity index (χ4n) is 6.15. The van der Waals surface area contributed by atoms with Crippen molar-refractivity contribution in [2.45, 2.75) is 25.3 Å². The maximum atomic E-state index is 14.6. The molecule has 6 aromatic rings. The molecular formula is C39H36N2O6S. The largest absolute Gasteiger partial charge is 0.465 e. The zero-order valence-electron chi connectivity index (χ0n) is 26.8. The van der Waals surface area contributed by atoms with Crippen LogP contribution in [-0.2, 0) is 35.6 Å². The van der Waals surface area contributed by atoms with E-state index in [4.69, 9.17) is 9.47 Å². The van der Waals surface area contributed by atoms with E-state index in [9.17, 15) is 18.0 Å². The van der Waals surface area contributed by atoms with E-state index >= 15 is 0 Å². The van der Waals surface area contributed by atoms with E-state index in [2.05, 4.69) is 6.07 Å². The number of ether oxygens (including phenoxy) is 2. The van der Waals surface area contributed by atoms with Crippen molar-refractivity contribution in [3.8, 4) is 0 Å². The molecule has 0 bridgehead atoms. The third-order valence-electron chi connectivity index (χ3n) is 8.25. The molecule has 6 aromatic carbocycles. The third kappa shape index (κ3) is 6.55. The summed E-state index contributed by atoms with van der Waals surface area (Å²) in [6.45, 7) is 3.65. The van der Waals surface area contributed by atoms with Crippen LogP contribution in [0.25, 0.3) is 32.3 Å². The minimum Gasteiger partial charge on any atom is -0.465 e. The van der Waals surface area contributed by atoms with Crippen molar-refractivity contribution in [3.05, 3.63) is 127 Å². The molecule has 0 radical (unpaired) electrons. The van der Waals surface area contributed by atoms with Crippen molar-refractivity contribution in [1.29, 1.82) is 0 Å². The number of fused-ring (bicyclic) bond motifs is 3. The van der Waals surface area contributed by atoms with Gasteiger partial charge in [-0.2, -0.15) is 0 Å². The topological polar surface area (TPSA) is 93.2 Å². The van der Waals surface area contributed by atoms with Crippen molar-refractivity contribution in [2.75, 3.05) is 35.5 Å². The lowest BCUT2D eigenvalue weighted by atomic mass is 10.0. The van der Waals surface area contributed by atoms with Crippen LogP contribution in [0, 0.1) is 0 Å². The predicted molar refractivity (Wildman–Crippen MR) is 191 cm³/mol. The molecule has 0 aliphatic heterocycles. The molecule has 0 saturated heterocycles. The summed E-state index contributed by atoms with van der Waals surface area (Å²) in [4.78, 5) is 28.0. The van der Waals surface area contributed by atoms with Crippen molar-refractivity contribution in [2.24, 2.45) is 0 Å². The molecule has 0 amide bonds. The molecule has 0 aliphatic carbocycles. The van der Waals surface area contributed by atoms with Gasteiger partial charge in [-0.05, 0) is 53.8 Å². The quantitative estimate of drug-likeness (QED) is 0.126. The standard InChI is InChI=1S/C39H36N2O6S/c1-3-46-38(42)26-40(25-30-17-11-15-28-13-5-7-18-31(28)30)35-23-24-36(34-21-10-9-20-33(34)35)41(27-39(43)47-4-2)48(44,45)37-22-12-16-29-14-6-8-19-32(29)37/h5-24H,3-4,25-27H2,1-2H3. The number of esters is 2. The highest BCUT2D eigenvalue weighted by Gasteiger charge is 2.31. The van der Waals surface area contributed by atoms with Crippen molar-refractivity contribution >= 4 is 65.7 Å². The minimum atomic E-state index is -4.27. The summed E-state index contributed by atoms with van der Waals surface area (Å²) >= 11 is 0. The predicted octanol–water partition coefficient (Wildman–Crippen LogP) is 7.47. The number of anilines is 2. The Labute approximate surface area is 280 Å². The van der Waals surface area contributed by atoms with Gasteiger partial charge >= 0.3 is 11.9 Å². The highest BCUT2D eigenvalue weighted by Crippen LogP contribution is 2.38. The van der Waals surface area contributed by atoms with Crippen LogP contribution in [0.1, 0.15) is 19.4 Å². The Morgan fingerprint density at radius 2 is 1.06 bits per heavy atom. The molecule has 0 aromatic heterocycles. The molecule has 0 heterocycles. The Morgan fingerprint density at radius 1 is 0.562 bits per heavy atom. The second-order valence-electron chi connectivity index (χ2n) is 11.2. The van der Waals surface area contributed by atoms with Gasteiger partial charge < -0.3 is 14.4 Å². The fraction of sp³-hybridized carbons (Fsp3) is 0.179. The van der Waals surface area contributed by atoms with E-state index in [1.807, 2.05) is 83.8 Å². The van der Waals surface area contributed by atoms with Crippen LogP contribution in [0.15, 0.2) is 126 Å². The number of nitrogens with zero attached hydrogens (tertiary/aromatic N) is 2. The van der Waals surface area contributed by atoms with Gasteiger partial charge in [0.25, 0.3) is 10.0 Å². The Kier molecular flexibility index (Phi) is 9.59. The molecular weight excluding hydrogens is 625 g/mol. The maximum absolute atomic E-state index is 14.6. The number of hydrogen-bond acceptors (Lipinski definition) is 7. The van der Waals surface area contributed by atoms with Crippen LogP contribution < -0.4 is 9.21 Å². The van der Waals surface area contributed by atoms with Crippen LogP contribution in [0.5, 0.6) is 0 Å². The molecule has 0 N–H and O–H groups in total. The SMILES string of the molecule is CCOC(=O)CN(Cc1cccc2ccccc12)c1ccc(N(CC(=O)OCC)S(=O)(=O)c2cccc3ccccc23)c2ccccc12. The molecule has 0 unspecified atom stereocenters. The summed E-state index contributed by atoms with van der Waals surface area (Å²) in [6.07, 6.45) is 0. The zero-order valence-corrected chi connectivity index (χ0v) is 27.7. The number of hydrogen-bond donors (Lipinski definition) is 0. The smallest absolute Gasteiger partial charge is 0.326 e. The van der Waals surface area contributed by atoms with Gasteiger partial charge in [-0.15, -0.1) is 0 Å². The first-order valence-electron chi connectivity index (χ1n) is 15.9. The lowest BCUT2D eigenvalue weighted by Gasteiger charge is -2.29. The average Bonchev–Trinajstić information content (AvgIpc) is 3.10. The fourth-order valence-corrected chi connectivity index (χ4v) is 7.79. The number of rotatable bonds is 12. The van der Waals surface area contributed by atoms with Gasteiger partial charge in [-0.3, -0.25) is 13.9 Å². The molecule has 0 aliphatic rings. The first-order chi connectivity index (χ1) is 23.3. The highest BCUT2D eigenvalue weighted by molar-refractivity contribution is 7.93. The van der Waals surface area contributed by atoms with E-state index in [1.54, 1.807) is 50.2 Å². The Hall–Kier alpha value is -5.41. The average molecular weight is 661 g/mol. The Balaban J connectivity index is 1.51. The molecule has 48 heavy (non-hydrogen) atoms.